The summed E-state index contributed by atoms with van der Waals surface area (Å²) in [5, 5.41) is 12.2. The zero-order chi connectivity index (χ0) is 59.1. The van der Waals surface area contributed by atoms with Gasteiger partial charge < -0.3 is 105 Å². The molecular formula is C58H96N2O23. The van der Waals surface area contributed by atoms with Crippen LogP contribution in [0.4, 0.5) is 4.79 Å². The number of alkyl carbamates (subject to hydrolysis) is 1. The summed E-state index contributed by atoms with van der Waals surface area (Å²) in [4.78, 5) is 40.7. The first-order chi connectivity index (χ1) is 41.0. The number of carboxylic acids is 1. The van der Waals surface area contributed by atoms with Crippen LogP contribution < -0.4 is 5.32 Å². The minimum Gasteiger partial charge on any atom is -0.481 e. The molecule has 25 nitrogen and oxygen atoms in total. The van der Waals surface area contributed by atoms with Gasteiger partial charge in [-0.25, -0.2) is 4.79 Å². The van der Waals surface area contributed by atoms with E-state index in [4.69, 9.17) is 90.0 Å². The van der Waals surface area contributed by atoms with E-state index in [0.717, 1.165) is 22.3 Å². The molecule has 2 N–H and O–H groups in total. The van der Waals surface area contributed by atoms with Gasteiger partial charge in [-0.2, -0.15) is 0 Å². The Morgan fingerprint density at radius 1 is 0.410 bits per heavy atom. The zero-order valence-corrected chi connectivity index (χ0v) is 49.2. The van der Waals surface area contributed by atoms with Crippen LogP contribution in [0.2, 0.25) is 0 Å². The van der Waals surface area contributed by atoms with Crippen molar-refractivity contribution < 1.29 is 109 Å². The number of carbonyl (C=O) groups excluding carboxylic acids is 2. The van der Waals surface area contributed by atoms with Crippen LogP contribution in [0.1, 0.15) is 29.9 Å². The van der Waals surface area contributed by atoms with Crippen LogP contribution >= 0.6 is 0 Å². The summed E-state index contributed by atoms with van der Waals surface area (Å²) in [6, 6.07) is 14.7. The standard InChI is InChI=1S/C58H96N2O23/c1-65-17-19-69-25-27-73-33-35-77-41-43-81-47-45-79-39-37-75-31-29-71-23-21-67-15-13-60(14-16-68-22-24-72-30-32-76-38-40-80-46-48-82-44-42-78-36-34-74-28-26-70-20-18-66-2)57(63)55(11-12-56(61)62)59-58(64)83-49-54-52-9-5-3-7-50(52)51-8-4-6-10-53(51)54/h3-10,54-55H,11-49H2,1-2H3,(H,59,64)(H,61,62)/t55-/m0/s1. The number of methoxy groups -OCH3 is 2. The molecule has 0 unspecified atom stereocenters. The molecule has 476 valence electrons. The first-order valence-corrected chi connectivity index (χ1v) is 28.8. The third kappa shape index (κ3) is 38.6. The Labute approximate surface area is 490 Å². The van der Waals surface area contributed by atoms with Gasteiger partial charge in [-0.1, -0.05) is 48.5 Å². The average molecular weight is 1190 g/mol. The van der Waals surface area contributed by atoms with Crippen LogP contribution in [0.25, 0.3) is 11.1 Å². The number of nitrogens with zero attached hydrogens (tertiary/aromatic N) is 1. The van der Waals surface area contributed by atoms with E-state index in [2.05, 4.69) is 5.32 Å². The smallest absolute Gasteiger partial charge is 0.407 e. The molecule has 1 aliphatic rings. The Morgan fingerprint density at radius 2 is 0.675 bits per heavy atom. The van der Waals surface area contributed by atoms with Gasteiger partial charge in [0.2, 0.25) is 5.91 Å². The van der Waals surface area contributed by atoms with E-state index in [9.17, 15) is 19.5 Å². The summed E-state index contributed by atoms with van der Waals surface area (Å²) in [6.45, 7) is 14.6. The predicted octanol–water partition coefficient (Wildman–Crippen LogP) is 3.15. The summed E-state index contributed by atoms with van der Waals surface area (Å²) < 4.78 is 104. The molecule has 2 amide bonds. The van der Waals surface area contributed by atoms with E-state index < -0.39 is 24.0 Å². The largest absolute Gasteiger partial charge is 0.481 e. The molecule has 1 aliphatic carbocycles. The van der Waals surface area contributed by atoms with Crippen LogP contribution in [-0.2, 0) is 99.6 Å². The van der Waals surface area contributed by atoms with Crippen molar-refractivity contribution in [1.29, 1.82) is 0 Å². The van der Waals surface area contributed by atoms with Gasteiger partial charge in [0.15, 0.2) is 0 Å². The quantitative estimate of drug-likeness (QED) is 0.0902. The first-order valence-electron chi connectivity index (χ1n) is 28.8. The number of fused-ring (bicyclic) bond motifs is 3. The monoisotopic (exact) mass is 1190 g/mol. The van der Waals surface area contributed by atoms with E-state index in [1.54, 1.807) is 14.2 Å². The molecule has 3 rings (SSSR count). The number of hydrogen-bond donors (Lipinski definition) is 2. The number of carboxylic acid groups (broad SMARTS) is 1. The van der Waals surface area contributed by atoms with E-state index in [1.807, 2.05) is 48.5 Å². The molecule has 0 fully saturated rings. The third-order valence-corrected chi connectivity index (χ3v) is 12.0. The molecule has 0 saturated carbocycles. The van der Waals surface area contributed by atoms with E-state index in [1.165, 1.54) is 4.90 Å². The number of rotatable bonds is 61. The molecule has 2 aromatic rings. The summed E-state index contributed by atoms with van der Waals surface area (Å²) in [7, 11) is 3.26. The molecule has 0 aliphatic heterocycles. The molecule has 0 heterocycles. The molecule has 1 atom stereocenters. The highest BCUT2D eigenvalue weighted by Gasteiger charge is 2.31. The van der Waals surface area contributed by atoms with Gasteiger partial charge >= 0.3 is 12.1 Å². The van der Waals surface area contributed by atoms with E-state index >= 15 is 0 Å². The highest BCUT2D eigenvalue weighted by atomic mass is 16.6. The maximum Gasteiger partial charge on any atom is 0.407 e. The Balaban J connectivity index is 1.28. The summed E-state index contributed by atoms with van der Waals surface area (Å²) in [6.07, 6.45) is -1.36. The lowest BCUT2D eigenvalue weighted by molar-refractivity contribution is -0.138. The first kappa shape index (κ1) is 73.2. The summed E-state index contributed by atoms with van der Waals surface area (Å²) in [5.74, 6) is -1.82. The number of ether oxygens (including phenoxy) is 19. The van der Waals surface area contributed by atoms with Crippen molar-refractivity contribution >= 4 is 18.0 Å². The van der Waals surface area contributed by atoms with Crippen molar-refractivity contribution in [3.05, 3.63) is 59.7 Å². The Bertz CT molecular complexity index is 1750. The van der Waals surface area contributed by atoms with Gasteiger partial charge in [0.05, 0.1) is 225 Å². The Hall–Kier alpha value is -4.07. The van der Waals surface area contributed by atoms with Crippen LogP contribution in [0.15, 0.2) is 48.5 Å². The highest BCUT2D eigenvalue weighted by molar-refractivity contribution is 5.86. The van der Waals surface area contributed by atoms with Gasteiger partial charge in [-0.05, 0) is 28.7 Å². The third-order valence-electron chi connectivity index (χ3n) is 12.0. The molecule has 83 heavy (non-hydrogen) atoms. The molecule has 0 aromatic heterocycles. The van der Waals surface area contributed by atoms with Crippen molar-refractivity contribution in [2.45, 2.75) is 24.8 Å². The second kappa shape index (κ2) is 53.4. The topological polar surface area (TPSA) is 262 Å². The minimum absolute atomic E-state index is 0.0237. The lowest BCUT2D eigenvalue weighted by Gasteiger charge is -2.28. The van der Waals surface area contributed by atoms with E-state index in [0.29, 0.717) is 185 Å². The zero-order valence-electron chi connectivity index (χ0n) is 49.2. The van der Waals surface area contributed by atoms with Crippen LogP contribution in [0.3, 0.4) is 0 Å². The molecule has 0 spiro atoms. The molecule has 2 aromatic carbocycles. The predicted molar refractivity (Wildman–Crippen MR) is 302 cm³/mol. The van der Waals surface area contributed by atoms with Crippen LogP contribution in [0, 0.1) is 0 Å². The van der Waals surface area contributed by atoms with E-state index in [-0.39, 0.29) is 78.1 Å². The lowest BCUT2D eigenvalue weighted by atomic mass is 9.98. The van der Waals surface area contributed by atoms with Crippen molar-refractivity contribution in [2.75, 3.05) is 259 Å². The Kier molecular flexibility index (Phi) is 47.1. The van der Waals surface area contributed by atoms with Gasteiger partial charge in [0.1, 0.15) is 12.6 Å². The van der Waals surface area contributed by atoms with Gasteiger partial charge in [0, 0.05) is 39.6 Å². The molecule has 0 saturated heterocycles. The fourth-order valence-electron chi connectivity index (χ4n) is 7.78. The van der Waals surface area contributed by atoms with Crippen molar-refractivity contribution in [3.8, 4) is 11.1 Å². The maximum atomic E-state index is 14.1. The number of hydrogen-bond acceptors (Lipinski definition) is 22. The number of benzene rings is 2. The van der Waals surface area contributed by atoms with Crippen LogP contribution in [-0.4, -0.2) is 293 Å². The van der Waals surface area contributed by atoms with Crippen molar-refractivity contribution in [1.82, 2.24) is 10.2 Å². The summed E-state index contributed by atoms with van der Waals surface area (Å²) in [5.41, 5.74) is 4.21. The SMILES string of the molecule is COCCOCCOCCOCCOCCOCCOCCOCCOCCN(CCOCCOCCOCCOCCOCCOCCOCCOCCOC)C(=O)[C@H](CCC(=O)O)NC(=O)OCC1c2ccccc2-c2ccccc21. The minimum atomic E-state index is -1.19. The lowest BCUT2D eigenvalue weighted by Crippen LogP contribution is -2.50. The van der Waals surface area contributed by atoms with Crippen molar-refractivity contribution in [2.24, 2.45) is 0 Å². The molecular weight excluding hydrogens is 1090 g/mol. The number of amides is 2. The summed E-state index contributed by atoms with van der Waals surface area (Å²) >= 11 is 0. The molecule has 0 radical (unpaired) electrons. The van der Waals surface area contributed by atoms with Gasteiger partial charge in [-0.3, -0.25) is 9.59 Å². The van der Waals surface area contributed by atoms with Gasteiger partial charge in [0.25, 0.3) is 0 Å². The second-order valence-corrected chi connectivity index (χ2v) is 18.1. The second-order valence-electron chi connectivity index (χ2n) is 18.1. The van der Waals surface area contributed by atoms with Crippen molar-refractivity contribution in [3.63, 3.8) is 0 Å². The average Bonchev–Trinajstić information content (AvgIpc) is 4.05. The maximum absolute atomic E-state index is 14.1. The fourth-order valence-corrected chi connectivity index (χ4v) is 7.78. The number of carbonyl (C=O) groups is 3. The highest BCUT2D eigenvalue weighted by Crippen LogP contribution is 2.44. The molecule has 0 bridgehead atoms. The normalized spacial score (nSPS) is 12.4. The Morgan fingerprint density at radius 3 is 0.952 bits per heavy atom. The van der Waals surface area contributed by atoms with Crippen LogP contribution in [0.5, 0.6) is 0 Å². The van der Waals surface area contributed by atoms with Gasteiger partial charge in [-0.15, -0.1) is 0 Å². The molecule has 25 heteroatoms. The fraction of sp³-hybridized carbons (Fsp3) is 0.741. The number of nitrogens with one attached hydrogen (secondary N) is 1. The number of aliphatic carboxylic acids is 1.